The molecule has 1 unspecified atom stereocenters. The Morgan fingerprint density at radius 3 is 2.86 bits per heavy atom. The van der Waals surface area contributed by atoms with E-state index < -0.39 is 5.54 Å². The average Bonchev–Trinajstić information content (AvgIpc) is 3.26. The molecule has 21 heavy (non-hydrogen) atoms. The molecule has 1 aromatic carbocycles. The van der Waals surface area contributed by atoms with Gasteiger partial charge in [-0.1, -0.05) is 12.1 Å². The number of para-hydroxylation sites is 2. The number of hydrogen-bond donors (Lipinski definition) is 1. The van der Waals surface area contributed by atoms with Crippen LogP contribution in [0.3, 0.4) is 0 Å². The number of ether oxygens (including phenoxy) is 1. The number of fused-ring (bicyclic) bond motifs is 1. The fourth-order valence-corrected chi connectivity index (χ4v) is 2.88. The molecule has 5 heteroatoms. The molecule has 1 aromatic heterocycles. The summed E-state index contributed by atoms with van der Waals surface area (Å²) in [5, 5.41) is 0. The second-order valence-electron chi connectivity index (χ2n) is 5.77. The van der Waals surface area contributed by atoms with E-state index in [9.17, 15) is 4.79 Å². The highest BCUT2D eigenvalue weighted by Gasteiger charge is 2.49. The van der Waals surface area contributed by atoms with Crippen molar-refractivity contribution >= 4 is 17.0 Å². The SMILES string of the molecule is CCOC(=O)C(N)(Cn1c(C)nc2ccccc21)C1CC1. The van der Waals surface area contributed by atoms with Crippen LogP contribution in [-0.4, -0.2) is 27.7 Å². The number of hydrogen-bond acceptors (Lipinski definition) is 4. The molecule has 0 saturated heterocycles. The van der Waals surface area contributed by atoms with Crippen molar-refractivity contribution in [1.29, 1.82) is 0 Å². The van der Waals surface area contributed by atoms with Crippen LogP contribution in [0.1, 0.15) is 25.6 Å². The molecule has 1 saturated carbocycles. The summed E-state index contributed by atoms with van der Waals surface area (Å²) >= 11 is 0. The lowest BCUT2D eigenvalue weighted by Crippen LogP contribution is -2.54. The highest BCUT2D eigenvalue weighted by Crippen LogP contribution is 2.40. The van der Waals surface area contributed by atoms with Crippen LogP contribution in [0, 0.1) is 12.8 Å². The number of carbonyl (C=O) groups excluding carboxylic acids is 1. The van der Waals surface area contributed by atoms with Crippen LogP contribution in [0.2, 0.25) is 0 Å². The predicted molar refractivity (Wildman–Crippen MR) is 80.7 cm³/mol. The molecule has 0 amide bonds. The maximum absolute atomic E-state index is 12.3. The molecule has 0 spiro atoms. The lowest BCUT2D eigenvalue weighted by molar-refractivity contribution is -0.151. The van der Waals surface area contributed by atoms with Gasteiger partial charge in [0.15, 0.2) is 0 Å². The van der Waals surface area contributed by atoms with Crippen molar-refractivity contribution in [3.63, 3.8) is 0 Å². The summed E-state index contributed by atoms with van der Waals surface area (Å²) in [5.74, 6) is 0.776. The number of imidazole rings is 1. The normalized spacial score (nSPS) is 17.7. The van der Waals surface area contributed by atoms with Crippen LogP contribution in [0.5, 0.6) is 0 Å². The molecule has 1 atom stereocenters. The van der Waals surface area contributed by atoms with Crippen molar-refractivity contribution in [1.82, 2.24) is 9.55 Å². The van der Waals surface area contributed by atoms with Gasteiger partial charge in [0.05, 0.1) is 24.2 Å². The number of benzene rings is 1. The molecule has 2 aromatic rings. The molecule has 5 nitrogen and oxygen atoms in total. The second-order valence-corrected chi connectivity index (χ2v) is 5.77. The van der Waals surface area contributed by atoms with E-state index in [1.807, 2.05) is 42.7 Å². The Balaban J connectivity index is 1.98. The van der Waals surface area contributed by atoms with Crippen molar-refractivity contribution in [2.45, 2.75) is 38.8 Å². The summed E-state index contributed by atoms with van der Waals surface area (Å²) in [7, 11) is 0. The van der Waals surface area contributed by atoms with Crippen LogP contribution in [0.4, 0.5) is 0 Å². The van der Waals surface area contributed by atoms with E-state index in [1.54, 1.807) is 0 Å². The number of carbonyl (C=O) groups is 1. The molecule has 0 aliphatic heterocycles. The molecule has 1 heterocycles. The lowest BCUT2D eigenvalue weighted by atomic mass is 9.94. The van der Waals surface area contributed by atoms with E-state index in [2.05, 4.69) is 4.98 Å². The number of rotatable bonds is 5. The quantitative estimate of drug-likeness (QED) is 0.854. The standard InChI is InChI=1S/C16H21N3O2/c1-3-21-15(20)16(17,12-8-9-12)10-19-11(2)18-13-6-4-5-7-14(13)19/h4-7,12H,3,8-10,17H2,1-2H3. The number of aromatic nitrogens is 2. The van der Waals surface area contributed by atoms with Gasteiger partial charge in [-0.15, -0.1) is 0 Å². The molecule has 2 N–H and O–H groups in total. The zero-order chi connectivity index (χ0) is 15.0. The van der Waals surface area contributed by atoms with E-state index in [0.717, 1.165) is 29.7 Å². The monoisotopic (exact) mass is 287 g/mol. The molecule has 1 aliphatic carbocycles. The minimum Gasteiger partial charge on any atom is -0.465 e. The van der Waals surface area contributed by atoms with Crippen molar-refractivity contribution in [2.24, 2.45) is 11.7 Å². The van der Waals surface area contributed by atoms with Crippen molar-refractivity contribution in [3.05, 3.63) is 30.1 Å². The molecule has 1 aliphatic rings. The van der Waals surface area contributed by atoms with Crippen molar-refractivity contribution < 1.29 is 9.53 Å². The summed E-state index contributed by atoms with van der Waals surface area (Å²) in [6, 6.07) is 7.91. The predicted octanol–water partition coefficient (Wildman–Crippen LogP) is 2.02. The summed E-state index contributed by atoms with van der Waals surface area (Å²) in [6.45, 7) is 4.53. The zero-order valence-corrected chi connectivity index (χ0v) is 12.5. The fourth-order valence-electron chi connectivity index (χ4n) is 2.88. The molecule has 1 fully saturated rings. The first-order valence-corrected chi connectivity index (χ1v) is 7.44. The summed E-state index contributed by atoms with van der Waals surface area (Å²) < 4.78 is 7.24. The topological polar surface area (TPSA) is 70.1 Å². The average molecular weight is 287 g/mol. The fraction of sp³-hybridized carbons (Fsp3) is 0.500. The first-order chi connectivity index (χ1) is 10.1. The van der Waals surface area contributed by atoms with Crippen molar-refractivity contribution in [2.75, 3.05) is 6.61 Å². The Morgan fingerprint density at radius 2 is 2.19 bits per heavy atom. The van der Waals surface area contributed by atoms with Crippen LogP contribution < -0.4 is 5.73 Å². The third-order valence-corrected chi connectivity index (χ3v) is 4.23. The summed E-state index contributed by atoms with van der Waals surface area (Å²) in [6.07, 6.45) is 1.97. The second kappa shape index (κ2) is 5.15. The summed E-state index contributed by atoms with van der Waals surface area (Å²) in [5.41, 5.74) is 7.44. The molecule has 0 bridgehead atoms. The lowest BCUT2D eigenvalue weighted by Gasteiger charge is -2.28. The first kappa shape index (κ1) is 14.1. The number of aryl methyl sites for hydroxylation is 1. The Labute approximate surface area is 124 Å². The van der Waals surface area contributed by atoms with Gasteiger partial charge in [0, 0.05) is 0 Å². The van der Waals surface area contributed by atoms with Gasteiger partial charge in [-0.3, -0.25) is 0 Å². The molecular formula is C16H21N3O2. The molecule has 0 radical (unpaired) electrons. The summed E-state index contributed by atoms with van der Waals surface area (Å²) in [4.78, 5) is 16.9. The van der Waals surface area contributed by atoms with Gasteiger partial charge in [-0.2, -0.15) is 0 Å². The van der Waals surface area contributed by atoms with E-state index in [0.29, 0.717) is 13.2 Å². The first-order valence-electron chi connectivity index (χ1n) is 7.44. The van der Waals surface area contributed by atoms with Gasteiger partial charge in [-0.05, 0) is 44.7 Å². The van der Waals surface area contributed by atoms with Gasteiger partial charge in [0.2, 0.25) is 0 Å². The van der Waals surface area contributed by atoms with E-state index in [4.69, 9.17) is 10.5 Å². The third kappa shape index (κ3) is 2.42. The van der Waals surface area contributed by atoms with Gasteiger partial charge in [0.25, 0.3) is 0 Å². The minimum atomic E-state index is -0.954. The zero-order valence-electron chi connectivity index (χ0n) is 12.5. The molecule has 112 valence electrons. The maximum atomic E-state index is 12.3. The highest BCUT2D eigenvalue weighted by molar-refractivity contribution is 5.82. The van der Waals surface area contributed by atoms with Gasteiger partial charge < -0.3 is 15.0 Å². The van der Waals surface area contributed by atoms with Crippen LogP contribution in [0.15, 0.2) is 24.3 Å². The number of nitrogens with two attached hydrogens (primary N) is 1. The maximum Gasteiger partial charge on any atom is 0.328 e. The van der Waals surface area contributed by atoms with Crippen LogP contribution in [-0.2, 0) is 16.1 Å². The Bertz CT molecular complexity index is 675. The Kier molecular flexibility index (Phi) is 3.45. The van der Waals surface area contributed by atoms with E-state index in [1.165, 1.54) is 0 Å². The molecular weight excluding hydrogens is 266 g/mol. The Morgan fingerprint density at radius 1 is 1.48 bits per heavy atom. The van der Waals surface area contributed by atoms with Gasteiger partial charge in [0.1, 0.15) is 11.4 Å². The van der Waals surface area contributed by atoms with E-state index in [-0.39, 0.29) is 11.9 Å². The van der Waals surface area contributed by atoms with Gasteiger partial charge in [-0.25, -0.2) is 9.78 Å². The third-order valence-electron chi connectivity index (χ3n) is 4.23. The molecule has 3 rings (SSSR count). The van der Waals surface area contributed by atoms with Crippen molar-refractivity contribution in [3.8, 4) is 0 Å². The van der Waals surface area contributed by atoms with Crippen LogP contribution in [0.25, 0.3) is 11.0 Å². The van der Waals surface area contributed by atoms with E-state index >= 15 is 0 Å². The Hall–Kier alpha value is -1.88. The number of esters is 1. The smallest absolute Gasteiger partial charge is 0.328 e. The number of nitrogens with zero attached hydrogens (tertiary/aromatic N) is 2. The van der Waals surface area contributed by atoms with Crippen LogP contribution >= 0.6 is 0 Å². The van der Waals surface area contributed by atoms with Gasteiger partial charge >= 0.3 is 5.97 Å². The highest BCUT2D eigenvalue weighted by atomic mass is 16.5. The largest absolute Gasteiger partial charge is 0.465 e. The minimum absolute atomic E-state index is 0.206.